The molecule has 0 atom stereocenters. The Morgan fingerprint density at radius 1 is 1.15 bits per heavy atom. The van der Waals surface area contributed by atoms with Crippen molar-refractivity contribution in [1.29, 1.82) is 0 Å². The lowest BCUT2D eigenvalue weighted by Gasteiger charge is -2.24. The second-order valence-corrected chi connectivity index (χ2v) is 5.52. The van der Waals surface area contributed by atoms with E-state index in [2.05, 4.69) is 0 Å². The Morgan fingerprint density at radius 3 is 2.40 bits per heavy atom. The minimum absolute atomic E-state index is 0.105. The number of hydrogen-bond acceptors (Lipinski definition) is 3. The van der Waals surface area contributed by atoms with Crippen LogP contribution in [0.15, 0.2) is 48.5 Å². The highest BCUT2D eigenvalue weighted by Crippen LogP contribution is 2.27. The highest BCUT2D eigenvalue weighted by Gasteiger charge is 2.29. The Balaban J connectivity index is 2.21. The molecule has 3 N–H and O–H groups in total. The summed E-state index contributed by atoms with van der Waals surface area (Å²) in [4.78, 5) is 12.5. The van der Waals surface area contributed by atoms with Gasteiger partial charge >= 0.3 is 0 Å². The summed E-state index contributed by atoms with van der Waals surface area (Å²) in [7, 11) is 0. The molecule has 0 aromatic heterocycles. The number of carbonyl (C=O) groups excluding carboxylic acids is 1. The highest BCUT2D eigenvalue weighted by molar-refractivity contribution is 5.91. The summed E-state index contributed by atoms with van der Waals surface area (Å²) in [6, 6.07) is 14.2. The summed E-state index contributed by atoms with van der Waals surface area (Å²) in [5.74, 6) is 0.286. The van der Waals surface area contributed by atoms with Gasteiger partial charge in [0.15, 0.2) is 0 Å². The molecule has 3 nitrogen and oxygen atoms in total. The number of rotatable bonds is 4. The topological polar surface area (TPSA) is 63.3 Å². The predicted octanol–water partition coefficient (Wildman–Crippen LogP) is 3.06. The fourth-order valence-electron chi connectivity index (χ4n) is 2.13. The van der Waals surface area contributed by atoms with Gasteiger partial charge in [-0.3, -0.25) is 4.79 Å². The molecule has 3 heteroatoms. The van der Waals surface area contributed by atoms with Gasteiger partial charge in [0.05, 0.1) is 0 Å². The fraction of sp³-hybridized carbons (Fsp3) is 0.235. The van der Waals surface area contributed by atoms with Crippen LogP contribution in [-0.2, 0) is 16.6 Å². The first-order chi connectivity index (χ1) is 9.39. The second-order valence-electron chi connectivity index (χ2n) is 5.52. The van der Waals surface area contributed by atoms with Gasteiger partial charge in [0.25, 0.3) is 0 Å². The zero-order chi connectivity index (χ0) is 14.8. The third kappa shape index (κ3) is 2.99. The van der Waals surface area contributed by atoms with Crippen LogP contribution in [0.25, 0.3) is 0 Å². The largest absolute Gasteiger partial charge is 0.508 e. The van der Waals surface area contributed by atoms with Gasteiger partial charge < -0.3 is 10.8 Å². The molecule has 0 heterocycles. The van der Waals surface area contributed by atoms with Crippen LogP contribution in [0.2, 0.25) is 0 Å². The molecule has 0 amide bonds. The minimum atomic E-state index is -0.584. The standard InChI is InChI=1S/C17H19NO2/c1-17(2,13-6-8-14(18)9-7-13)16(20)11-12-4-3-5-15(19)10-12/h3-10,19H,11,18H2,1-2H3. The molecule has 2 aromatic carbocycles. The van der Waals surface area contributed by atoms with E-state index in [9.17, 15) is 9.90 Å². The quantitative estimate of drug-likeness (QED) is 0.838. The molecule has 0 fully saturated rings. The van der Waals surface area contributed by atoms with Crippen molar-refractivity contribution in [3.8, 4) is 5.75 Å². The van der Waals surface area contributed by atoms with E-state index in [1.54, 1.807) is 30.3 Å². The van der Waals surface area contributed by atoms with Gasteiger partial charge in [0.2, 0.25) is 0 Å². The summed E-state index contributed by atoms with van der Waals surface area (Å²) in [6.07, 6.45) is 0.297. The summed E-state index contributed by atoms with van der Waals surface area (Å²) in [6.45, 7) is 3.81. The first kappa shape index (κ1) is 14.1. The van der Waals surface area contributed by atoms with Crippen molar-refractivity contribution in [3.05, 3.63) is 59.7 Å². The van der Waals surface area contributed by atoms with E-state index in [1.807, 2.05) is 32.0 Å². The van der Waals surface area contributed by atoms with Crippen molar-refractivity contribution in [1.82, 2.24) is 0 Å². The summed E-state index contributed by atoms with van der Waals surface area (Å²) in [5.41, 5.74) is 7.53. The van der Waals surface area contributed by atoms with E-state index >= 15 is 0 Å². The van der Waals surface area contributed by atoms with Crippen LogP contribution in [-0.4, -0.2) is 10.9 Å². The van der Waals surface area contributed by atoms with Crippen LogP contribution in [0.1, 0.15) is 25.0 Å². The number of hydrogen-bond donors (Lipinski definition) is 2. The molecule has 0 unspecified atom stereocenters. The van der Waals surface area contributed by atoms with Gasteiger partial charge in [0, 0.05) is 17.5 Å². The summed E-state index contributed by atoms with van der Waals surface area (Å²) < 4.78 is 0. The third-order valence-electron chi connectivity index (χ3n) is 3.60. The average Bonchev–Trinajstić information content (AvgIpc) is 2.39. The zero-order valence-electron chi connectivity index (χ0n) is 11.8. The monoisotopic (exact) mass is 269 g/mol. The Morgan fingerprint density at radius 2 is 1.80 bits per heavy atom. The van der Waals surface area contributed by atoms with E-state index in [4.69, 9.17) is 5.73 Å². The number of nitrogens with two attached hydrogens (primary N) is 1. The van der Waals surface area contributed by atoms with Crippen LogP contribution < -0.4 is 5.73 Å². The Kier molecular flexibility index (Phi) is 3.79. The van der Waals surface area contributed by atoms with Crippen molar-refractivity contribution in [2.24, 2.45) is 0 Å². The van der Waals surface area contributed by atoms with Crippen molar-refractivity contribution < 1.29 is 9.90 Å². The van der Waals surface area contributed by atoms with E-state index in [1.165, 1.54) is 0 Å². The average molecular weight is 269 g/mol. The van der Waals surface area contributed by atoms with E-state index < -0.39 is 5.41 Å². The van der Waals surface area contributed by atoms with Gasteiger partial charge in [-0.25, -0.2) is 0 Å². The maximum atomic E-state index is 12.5. The van der Waals surface area contributed by atoms with Crippen LogP contribution in [0.5, 0.6) is 5.75 Å². The predicted molar refractivity (Wildman–Crippen MR) is 80.7 cm³/mol. The first-order valence-electron chi connectivity index (χ1n) is 6.57. The fourth-order valence-corrected chi connectivity index (χ4v) is 2.13. The lowest BCUT2D eigenvalue weighted by Crippen LogP contribution is -2.30. The molecule has 104 valence electrons. The van der Waals surface area contributed by atoms with Crippen LogP contribution >= 0.6 is 0 Å². The molecule has 2 rings (SSSR count). The van der Waals surface area contributed by atoms with Crippen LogP contribution in [0.4, 0.5) is 5.69 Å². The normalized spacial score (nSPS) is 11.3. The zero-order valence-corrected chi connectivity index (χ0v) is 11.8. The van der Waals surface area contributed by atoms with Crippen LogP contribution in [0, 0.1) is 0 Å². The summed E-state index contributed by atoms with van der Waals surface area (Å²) >= 11 is 0. The highest BCUT2D eigenvalue weighted by atomic mass is 16.3. The molecule has 0 aliphatic heterocycles. The number of nitrogen functional groups attached to an aromatic ring is 1. The van der Waals surface area contributed by atoms with E-state index in [0.717, 1.165) is 11.1 Å². The number of carbonyl (C=O) groups is 1. The van der Waals surface area contributed by atoms with Crippen molar-refractivity contribution in [3.63, 3.8) is 0 Å². The van der Waals surface area contributed by atoms with Gasteiger partial charge in [-0.15, -0.1) is 0 Å². The van der Waals surface area contributed by atoms with Gasteiger partial charge in [-0.05, 0) is 49.2 Å². The molecule has 0 saturated heterocycles. The lowest BCUT2D eigenvalue weighted by molar-refractivity contribution is -0.122. The minimum Gasteiger partial charge on any atom is -0.508 e. The first-order valence-corrected chi connectivity index (χ1v) is 6.57. The Bertz CT molecular complexity index is 615. The molecular weight excluding hydrogens is 250 g/mol. The number of Topliss-reactive ketones (excluding diaryl/α,β-unsaturated/α-hetero) is 1. The number of anilines is 1. The Labute approximate surface area is 119 Å². The number of benzene rings is 2. The van der Waals surface area contributed by atoms with Crippen molar-refractivity contribution in [2.45, 2.75) is 25.7 Å². The molecule has 0 aliphatic carbocycles. The number of phenols is 1. The van der Waals surface area contributed by atoms with Gasteiger partial charge in [0.1, 0.15) is 11.5 Å². The molecule has 0 radical (unpaired) electrons. The number of phenolic OH excluding ortho intramolecular Hbond substituents is 1. The smallest absolute Gasteiger partial charge is 0.147 e. The maximum absolute atomic E-state index is 12.5. The van der Waals surface area contributed by atoms with Crippen molar-refractivity contribution >= 4 is 11.5 Å². The Hall–Kier alpha value is -2.29. The maximum Gasteiger partial charge on any atom is 0.147 e. The van der Waals surface area contributed by atoms with Crippen LogP contribution in [0.3, 0.4) is 0 Å². The SMILES string of the molecule is CC(C)(C(=O)Cc1cccc(O)c1)c1ccc(N)cc1. The van der Waals surface area contributed by atoms with Gasteiger partial charge in [-0.2, -0.15) is 0 Å². The number of aromatic hydroxyl groups is 1. The van der Waals surface area contributed by atoms with Crippen molar-refractivity contribution in [2.75, 3.05) is 5.73 Å². The van der Waals surface area contributed by atoms with Gasteiger partial charge in [-0.1, -0.05) is 24.3 Å². The molecule has 2 aromatic rings. The molecule has 0 aliphatic rings. The van der Waals surface area contributed by atoms with E-state index in [-0.39, 0.29) is 11.5 Å². The molecule has 0 spiro atoms. The van der Waals surface area contributed by atoms with E-state index in [0.29, 0.717) is 12.1 Å². The summed E-state index contributed by atoms with van der Waals surface area (Å²) in [5, 5.41) is 9.45. The molecule has 20 heavy (non-hydrogen) atoms. The third-order valence-corrected chi connectivity index (χ3v) is 3.60. The molecular formula is C17H19NO2. The lowest BCUT2D eigenvalue weighted by atomic mass is 9.78. The molecule has 0 bridgehead atoms. The number of ketones is 1. The molecule has 0 saturated carbocycles. The second kappa shape index (κ2) is 5.37.